The average molecular weight is 466 g/mol. The lowest BCUT2D eigenvalue weighted by molar-refractivity contribution is -0.122. The molecule has 1 fully saturated rings. The number of amides is 1. The van der Waals surface area contributed by atoms with Crippen LogP contribution in [-0.2, 0) is 14.6 Å². The maximum Gasteiger partial charge on any atom is 0.268 e. The van der Waals surface area contributed by atoms with Gasteiger partial charge in [-0.25, -0.2) is 8.42 Å². The molecule has 0 N–H and O–H groups in total. The fourth-order valence-corrected chi connectivity index (χ4v) is 4.19. The van der Waals surface area contributed by atoms with Gasteiger partial charge >= 0.3 is 0 Å². The second-order valence-electron chi connectivity index (χ2n) is 8.20. The van der Waals surface area contributed by atoms with E-state index in [0.717, 1.165) is 22.4 Å². The molecule has 3 aromatic carbocycles. The molecular weight excluding hydrogens is 438 g/mol. The number of rotatable bonds is 8. The third-order valence-electron chi connectivity index (χ3n) is 5.58. The third-order valence-corrected chi connectivity index (χ3v) is 6.49. The van der Waals surface area contributed by atoms with Gasteiger partial charge in [0.25, 0.3) is 5.91 Å². The largest absolute Gasteiger partial charge is 0.492 e. The smallest absolute Gasteiger partial charge is 0.268 e. The van der Waals surface area contributed by atoms with Crippen molar-refractivity contribution in [3.05, 3.63) is 78.4 Å². The van der Waals surface area contributed by atoms with Crippen molar-refractivity contribution in [2.24, 2.45) is 0 Å². The Kier molecular flexibility index (Phi) is 6.70. The molecule has 1 aliphatic rings. The molecule has 1 atom stereocenters. The van der Waals surface area contributed by atoms with E-state index in [4.69, 9.17) is 9.47 Å². The van der Waals surface area contributed by atoms with Crippen LogP contribution in [0.25, 0.3) is 11.1 Å². The lowest BCUT2D eigenvalue weighted by Crippen LogP contribution is -2.32. The molecule has 33 heavy (non-hydrogen) atoms. The van der Waals surface area contributed by atoms with Crippen LogP contribution >= 0.6 is 0 Å². The van der Waals surface area contributed by atoms with E-state index < -0.39 is 15.9 Å². The van der Waals surface area contributed by atoms with E-state index >= 15 is 0 Å². The van der Waals surface area contributed by atoms with Crippen molar-refractivity contribution < 1.29 is 22.7 Å². The Morgan fingerprint density at radius 1 is 0.970 bits per heavy atom. The first kappa shape index (κ1) is 22.9. The minimum atomic E-state index is -3.08. The van der Waals surface area contributed by atoms with Gasteiger partial charge in [-0.3, -0.25) is 4.79 Å². The lowest BCUT2D eigenvalue weighted by atomic mass is 10.1. The van der Waals surface area contributed by atoms with Crippen LogP contribution in [0.1, 0.15) is 12.0 Å². The van der Waals surface area contributed by atoms with Crippen LogP contribution in [0.5, 0.6) is 11.5 Å². The summed E-state index contributed by atoms with van der Waals surface area (Å²) < 4.78 is 34.1. The summed E-state index contributed by atoms with van der Waals surface area (Å²) in [6, 6.07) is 23.3. The fourth-order valence-electron chi connectivity index (χ4n) is 3.81. The molecule has 1 aliphatic heterocycles. The molecular formula is C26H27NO5S. The predicted molar refractivity (Wildman–Crippen MR) is 130 cm³/mol. The van der Waals surface area contributed by atoms with Gasteiger partial charge < -0.3 is 14.4 Å². The van der Waals surface area contributed by atoms with E-state index in [-0.39, 0.29) is 18.3 Å². The molecule has 3 aromatic rings. The second kappa shape index (κ2) is 9.67. The van der Waals surface area contributed by atoms with Gasteiger partial charge in [0.05, 0.1) is 5.75 Å². The highest BCUT2D eigenvalue weighted by molar-refractivity contribution is 7.90. The summed E-state index contributed by atoms with van der Waals surface area (Å²) in [4.78, 5) is 14.7. The van der Waals surface area contributed by atoms with E-state index in [0.29, 0.717) is 24.5 Å². The fraction of sp³-hybridized carbons (Fsp3) is 0.269. The van der Waals surface area contributed by atoms with Gasteiger partial charge in [-0.2, -0.15) is 0 Å². The van der Waals surface area contributed by atoms with Gasteiger partial charge in [0, 0.05) is 24.9 Å². The summed E-state index contributed by atoms with van der Waals surface area (Å²) >= 11 is 0. The number of ether oxygens (including phenoxy) is 2. The number of hydrogen-bond donors (Lipinski definition) is 0. The standard InChI is InChI=1S/C26H27NO5S/c1-19-18-22(10-13-24(19)31-16-17-33(2,29)30)27-15-14-25(26(27)28)32-23-11-8-21(9-12-23)20-6-4-3-5-7-20/h3-13,18,25H,14-17H2,1-2H3/t25-/m1/s1. The predicted octanol–water partition coefficient (Wildman–Crippen LogP) is 4.27. The summed E-state index contributed by atoms with van der Waals surface area (Å²) in [5.74, 6) is 1.16. The Bertz CT molecular complexity index is 1220. The number of hydrogen-bond acceptors (Lipinski definition) is 5. The second-order valence-corrected chi connectivity index (χ2v) is 10.5. The van der Waals surface area contributed by atoms with E-state index in [1.807, 2.05) is 61.5 Å². The molecule has 6 nitrogen and oxygen atoms in total. The van der Waals surface area contributed by atoms with Crippen LogP contribution < -0.4 is 14.4 Å². The Balaban J connectivity index is 1.38. The van der Waals surface area contributed by atoms with Crippen molar-refractivity contribution in [1.82, 2.24) is 0 Å². The van der Waals surface area contributed by atoms with Crippen LogP contribution in [0.3, 0.4) is 0 Å². The average Bonchev–Trinajstić information content (AvgIpc) is 3.15. The Hall–Kier alpha value is -3.32. The van der Waals surface area contributed by atoms with Crippen molar-refractivity contribution >= 4 is 21.4 Å². The number of benzene rings is 3. The van der Waals surface area contributed by atoms with Gasteiger partial charge in [-0.05, 0) is 53.9 Å². The maximum atomic E-state index is 13.0. The van der Waals surface area contributed by atoms with E-state index in [2.05, 4.69) is 12.1 Å². The van der Waals surface area contributed by atoms with Crippen molar-refractivity contribution in [2.75, 3.05) is 30.1 Å². The third kappa shape index (κ3) is 5.73. The molecule has 7 heteroatoms. The number of carbonyl (C=O) groups excluding carboxylic acids is 1. The Morgan fingerprint density at radius 3 is 2.33 bits per heavy atom. The minimum Gasteiger partial charge on any atom is -0.492 e. The van der Waals surface area contributed by atoms with Crippen molar-refractivity contribution in [1.29, 1.82) is 0 Å². The molecule has 172 valence electrons. The van der Waals surface area contributed by atoms with Crippen molar-refractivity contribution in [3.8, 4) is 22.6 Å². The zero-order valence-corrected chi connectivity index (χ0v) is 19.5. The van der Waals surface area contributed by atoms with Crippen LogP contribution in [0.4, 0.5) is 5.69 Å². The van der Waals surface area contributed by atoms with Crippen molar-refractivity contribution in [3.63, 3.8) is 0 Å². The summed E-state index contributed by atoms with van der Waals surface area (Å²) in [6.07, 6.45) is 1.25. The molecule has 0 aromatic heterocycles. The highest BCUT2D eigenvalue weighted by Crippen LogP contribution is 2.30. The molecule has 0 radical (unpaired) electrons. The molecule has 0 saturated carbocycles. The van der Waals surface area contributed by atoms with Crippen LogP contribution in [0.2, 0.25) is 0 Å². The van der Waals surface area contributed by atoms with Gasteiger partial charge in [0.2, 0.25) is 0 Å². The number of sulfone groups is 1. The highest BCUT2D eigenvalue weighted by Gasteiger charge is 2.34. The molecule has 1 saturated heterocycles. The molecule has 0 bridgehead atoms. The Labute approximate surface area is 194 Å². The molecule has 0 aliphatic carbocycles. The van der Waals surface area contributed by atoms with Crippen LogP contribution in [0.15, 0.2) is 72.8 Å². The van der Waals surface area contributed by atoms with Crippen molar-refractivity contribution in [2.45, 2.75) is 19.4 Å². The first-order valence-corrected chi connectivity index (χ1v) is 12.9. The van der Waals surface area contributed by atoms with Gasteiger partial charge in [-0.15, -0.1) is 0 Å². The van der Waals surface area contributed by atoms with Crippen LogP contribution in [-0.4, -0.2) is 45.6 Å². The topological polar surface area (TPSA) is 72.9 Å². The first-order chi connectivity index (χ1) is 15.8. The molecule has 0 unspecified atom stereocenters. The Morgan fingerprint density at radius 2 is 1.67 bits per heavy atom. The number of carbonyl (C=O) groups is 1. The monoisotopic (exact) mass is 465 g/mol. The first-order valence-electron chi connectivity index (χ1n) is 10.8. The highest BCUT2D eigenvalue weighted by atomic mass is 32.2. The van der Waals surface area contributed by atoms with E-state index in [1.54, 1.807) is 11.0 Å². The number of aryl methyl sites for hydroxylation is 1. The number of nitrogens with zero attached hydrogens (tertiary/aromatic N) is 1. The van der Waals surface area contributed by atoms with Crippen LogP contribution in [0, 0.1) is 6.92 Å². The molecule has 1 heterocycles. The normalized spacial score (nSPS) is 16.1. The van der Waals surface area contributed by atoms with E-state index in [1.165, 1.54) is 6.26 Å². The summed E-state index contributed by atoms with van der Waals surface area (Å²) in [7, 11) is -3.08. The lowest BCUT2D eigenvalue weighted by Gasteiger charge is -2.19. The molecule has 4 rings (SSSR count). The number of anilines is 1. The summed E-state index contributed by atoms with van der Waals surface area (Å²) in [6.45, 7) is 2.54. The van der Waals surface area contributed by atoms with Gasteiger partial charge in [-0.1, -0.05) is 42.5 Å². The molecule has 1 amide bonds. The minimum absolute atomic E-state index is 0.0376. The quantitative estimate of drug-likeness (QED) is 0.497. The summed E-state index contributed by atoms with van der Waals surface area (Å²) in [5.41, 5.74) is 3.84. The zero-order chi connectivity index (χ0) is 23.4. The zero-order valence-electron chi connectivity index (χ0n) is 18.7. The van der Waals surface area contributed by atoms with Gasteiger partial charge in [0.1, 0.15) is 18.1 Å². The molecule has 0 spiro atoms. The van der Waals surface area contributed by atoms with E-state index in [9.17, 15) is 13.2 Å². The summed E-state index contributed by atoms with van der Waals surface area (Å²) in [5, 5.41) is 0. The van der Waals surface area contributed by atoms with Gasteiger partial charge in [0.15, 0.2) is 15.9 Å². The SMILES string of the molecule is Cc1cc(N2CC[C@@H](Oc3ccc(-c4ccccc4)cc3)C2=O)ccc1OCCS(C)(=O)=O. The maximum absolute atomic E-state index is 13.0.